The summed E-state index contributed by atoms with van der Waals surface area (Å²) in [4.78, 5) is 29.5. The Morgan fingerprint density at radius 3 is 2.15 bits per heavy atom. The number of anilines is 1. The van der Waals surface area contributed by atoms with Gasteiger partial charge in [0.25, 0.3) is 0 Å². The van der Waals surface area contributed by atoms with Crippen LogP contribution in [0.25, 0.3) is 0 Å². The van der Waals surface area contributed by atoms with E-state index in [4.69, 9.17) is 4.74 Å². The number of benzene rings is 3. The van der Waals surface area contributed by atoms with Gasteiger partial charge in [0.1, 0.15) is 18.3 Å². The minimum atomic E-state index is -3.83. The second kappa shape index (κ2) is 13.2. The van der Waals surface area contributed by atoms with Crippen LogP contribution in [0.2, 0.25) is 0 Å². The molecule has 0 saturated carbocycles. The molecule has 3 rings (SSSR count). The highest BCUT2D eigenvalue weighted by molar-refractivity contribution is 7.92. The summed E-state index contributed by atoms with van der Waals surface area (Å²) in [5.41, 5.74) is 3.38. The van der Waals surface area contributed by atoms with Crippen molar-refractivity contribution in [3.05, 3.63) is 95.1 Å². The molecule has 3 aromatic carbocycles. The number of ether oxygens (including phenoxy) is 1. The lowest BCUT2D eigenvalue weighted by atomic mass is 10.0. The zero-order valence-corrected chi connectivity index (χ0v) is 25.8. The molecule has 9 heteroatoms. The Balaban J connectivity index is 2.10. The van der Waals surface area contributed by atoms with Crippen LogP contribution in [0.3, 0.4) is 0 Å². The van der Waals surface area contributed by atoms with Gasteiger partial charge in [0.05, 0.1) is 19.1 Å². The Kier molecular flexibility index (Phi) is 10.2. The van der Waals surface area contributed by atoms with Gasteiger partial charge < -0.3 is 15.0 Å². The van der Waals surface area contributed by atoms with Gasteiger partial charge in [-0.25, -0.2) is 8.42 Å². The number of sulfonamides is 1. The Bertz CT molecular complexity index is 1470. The number of aryl methyl sites for hydroxylation is 2. The third-order valence-electron chi connectivity index (χ3n) is 6.71. The Labute approximate surface area is 244 Å². The molecular formula is C32H41N3O5S. The molecule has 8 nitrogen and oxygen atoms in total. The highest BCUT2D eigenvalue weighted by Crippen LogP contribution is 2.24. The zero-order valence-electron chi connectivity index (χ0n) is 25.0. The topological polar surface area (TPSA) is 96.0 Å². The molecule has 0 aliphatic carbocycles. The number of hydrogen-bond acceptors (Lipinski definition) is 5. The average molecular weight is 580 g/mol. The molecule has 0 heterocycles. The van der Waals surface area contributed by atoms with E-state index in [1.165, 1.54) is 4.90 Å². The van der Waals surface area contributed by atoms with E-state index in [0.29, 0.717) is 11.4 Å². The Hall–Kier alpha value is -3.85. The maximum atomic E-state index is 14.2. The molecule has 0 aliphatic rings. The Morgan fingerprint density at radius 1 is 0.902 bits per heavy atom. The SMILES string of the molecule is COc1cccc(CN(C(=O)CN(c2ccc(C)c(C)c2)S(C)(=O)=O)C(Cc2ccccc2)C(=O)NC(C)(C)C)c1. The number of methoxy groups -OCH3 is 1. The van der Waals surface area contributed by atoms with Gasteiger partial charge in [-0.3, -0.25) is 13.9 Å². The summed E-state index contributed by atoms with van der Waals surface area (Å²) in [6.45, 7) is 9.09. The molecule has 220 valence electrons. The predicted molar refractivity (Wildman–Crippen MR) is 163 cm³/mol. The molecule has 1 unspecified atom stereocenters. The zero-order chi connectivity index (χ0) is 30.4. The molecule has 0 fully saturated rings. The first kappa shape index (κ1) is 31.7. The average Bonchev–Trinajstić information content (AvgIpc) is 2.90. The summed E-state index contributed by atoms with van der Waals surface area (Å²) in [6.07, 6.45) is 1.33. The fourth-order valence-corrected chi connectivity index (χ4v) is 5.31. The molecule has 0 spiro atoms. The van der Waals surface area contributed by atoms with Crippen LogP contribution in [0.15, 0.2) is 72.8 Å². The number of nitrogens with zero attached hydrogens (tertiary/aromatic N) is 2. The lowest BCUT2D eigenvalue weighted by Crippen LogP contribution is -2.56. The summed E-state index contributed by atoms with van der Waals surface area (Å²) < 4.78 is 32.4. The molecular weight excluding hydrogens is 538 g/mol. The standard InChI is InChI=1S/C32H41N3O5S/c1-23-16-17-27(18-24(23)2)35(41(7,38)39)22-30(36)34(21-26-14-11-15-28(19-26)40-6)29(31(37)33-32(3,4)5)20-25-12-9-8-10-13-25/h8-19,29H,20-22H2,1-7H3,(H,33,37). The van der Waals surface area contributed by atoms with Crippen molar-refractivity contribution >= 4 is 27.5 Å². The Morgan fingerprint density at radius 2 is 1.56 bits per heavy atom. The van der Waals surface area contributed by atoms with Crippen molar-refractivity contribution in [2.75, 3.05) is 24.2 Å². The lowest BCUT2D eigenvalue weighted by molar-refractivity contribution is -0.140. The summed E-state index contributed by atoms with van der Waals surface area (Å²) in [5, 5.41) is 3.02. The van der Waals surface area contributed by atoms with Gasteiger partial charge in [0.15, 0.2) is 0 Å². The summed E-state index contributed by atoms with van der Waals surface area (Å²) >= 11 is 0. The summed E-state index contributed by atoms with van der Waals surface area (Å²) in [5.74, 6) is -0.210. The van der Waals surface area contributed by atoms with Crippen molar-refractivity contribution in [1.82, 2.24) is 10.2 Å². The second-order valence-electron chi connectivity index (χ2n) is 11.4. The highest BCUT2D eigenvalue weighted by atomic mass is 32.2. The quantitative estimate of drug-likeness (QED) is 0.357. The van der Waals surface area contributed by atoms with E-state index in [1.807, 2.05) is 83.1 Å². The van der Waals surface area contributed by atoms with Gasteiger partial charge in [-0.2, -0.15) is 0 Å². The fourth-order valence-electron chi connectivity index (χ4n) is 4.47. The predicted octanol–water partition coefficient (Wildman–Crippen LogP) is 4.63. The lowest BCUT2D eigenvalue weighted by Gasteiger charge is -2.35. The van der Waals surface area contributed by atoms with Gasteiger partial charge in [-0.1, -0.05) is 48.5 Å². The number of rotatable bonds is 11. The van der Waals surface area contributed by atoms with Gasteiger partial charge in [-0.05, 0) is 81.1 Å². The molecule has 0 radical (unpaired) electrons. The second-order valence-corrected chi connectivity index (χ2v) is 13.3. The van der Waals surface area contributed by atoms with Crippen molar-refractivity contribution in [3.63, 3.8) is 0 Å². The molecule has 3 aromatic rings. The van der Waals surface area contributed by atoms with E-state index in [-0.39, 0.29) is 18.9 Å². The van der Waals surface area contributed by atoms with Crippen molar-refractivity contribution < 1.29 is 22.7 Å². The molecule has 0 aromatic heterocycles. The monoisotopic (exact) mass is 579 g/mol. The molecule has 0 saturated heterocycles. The number of nitrogens with one attached hydrogen (secondary N) is 1. The van der Waals surface area contributed by atoms with Gasteiger partial charge in [0, 0.05) is 18.5 Å². The normalized spacial score (nSPS) is 12.4. The summed E-state index contributed by atoms with van der Waals surface area (Å²) in [6, 6.07) is 21.1. The third-order valence-corrected chi connectivity index (χ3v) is 7.85. The van der Waals surface area contributed by atoms with Crippen molar-refractivity contribution in [3.8, 4) is 5.75 Å². The third kappa shape index (κ3) is 9.08. The van der Waals surface area contributed by atoms with Crippen LogP contribution >= 0.6 is 0 Å². The largest absolute Gasteiger partial charge is 0.497 e. The molecule has 41 heavy (non-hydrogen) atoms. The van der Waals surface area contributed by atoms with Crippen LogP contribution in [0.1, 0.15) is 43.0 Å². The van der Waals surface area contributed by atoms with E-state index >= 15 is 0 Å². The molecule has 1 N–H and O–H groups in total. The van der Waals surface area contributed by atoms with Crippen LogP contribution in [0, 0.1) is 13.8 Å². The van der Waals surface area contributed by atoms with E-state index in [0.717, 1.165) is 32.8 Å². The molecule has 0 aliphatic heterocycles. The fraction of sp³-hybridized carbons (Fsp3) is 0.375. The number of carbonyl (C=O) groups excluding carboxylic acids is 2. The first-order valence-electron chi connectivity index (χ1n) is 13.5. The van der Waals surface area contributed by atoms with Crippen molar-refractivity contribution in [2.24, 2.45) is 0 Å². The van der Waals surface area contributed by atoms with E-state index < -0.39 is 34.1 Å². The molecule has 0 bridgehead atoms. The van der Waals surface area contributed by atoms with Crippen molar-refractivity contribution in [1.29, 1.82) is 0 Å². The minimum absolute atomic E-state index is 0.0790. The van der Waals surface area contributed by atoms with E-state index in [2.05, 4.69) is 5.32 Å². The van der Waals surface area contributed by atoms with Crippen LogP contribution in [-0.2, 0) is 32.6 Å². The molecule has 2 amide bonds. The summed E-state index contributed by atoms with van der Waals surface area (Å²) in [7, 11) is -2.27. The van der Waals surface area contributed by atoms with E-state index in [9.17, 15) is 18.0 Å². The number of hydrogen-bond donors (Lipinski definition) is 1. The maximum absolute atomic E-state index is 14.2. The van der Waals surface area contributed by atoms with Crippen LogP contribution in [0.5, 0.6) is 5.75 Å². The number of amides is 2. The minimum Gasteiger partial charge on any atom is -0.497 e. The smallest absolute Gasteiger partial charge is 0.244 e. The van der Waals surface area contributed by atoms with Gasteiger partial charge in [0.2, 0.25) is 21.8 Å². The maximum Gasteiger partial charge on any atom is 0.244 e. The van der Waals surface area contributed by atoms with Crippen molar-refractivity contribution in [2.45, 2.75) is 59.2 Å². The van der Waals surface area contributed by atoms with Crippen LogP contribution < -0.4 is 14.4 Å². The van der Waals surface area contributed by atoms with Crippen LogP contribution in [-0.4, -0.2) is 56.6 Å². The van der Waals surface area contributed by atoms with Crippen LogP contribution in [0.4, 0.5) is 5.69 Å². The first-order chi connectivity index (χ1) is 19.2. The highest BCUT2D eigenvalue weighted by Gasteiger charge is 2.34. The van der Waals surface area contributed by atoms with E-state index in [1.54, 1.807) is 31.4 Å². The first-order valence-corrected chi connectivity index (χ1v) is 15.4. The number of carbonyl (C=O) groups is 2. The van der Waals surface area contributed by atoms with Gasteiger partial charge >= 0.3 is 0 Å². The van der Waals surface area contributed by atoms with Gasteiger partial charge in [-0.15, -0.1) is 0 Å². The molecule has 1 atom stereocenters.